The van der Waals surface area contributed by atoms with E-state index >= 15 is 0 Å². The SMILES string of the molecule is O=C(Nc1ccc(F)cc1F)c1ccc(Nc2ccccc2C(F)(F)F)nn1. The number of para-hydroxylation sites is 1. The summed E-state index contributed by atoms with van der Waals surface area (Å²) in [5.41, 5.74) is -1.58. The lowest BCUT2D eigenvalue weighted by atomic mass is 10.1. The fourth-order valence-corrected chi connectivity index (χ4v) is 2.27. The minimum atomic E-state index is -4.56. The summed E-state index contributed by atoms with van der Waals surface area (Å²) in [4.78, 5) is 12.1. The van der Waals surface area contributed by atoms with Gasteiger partial charge < -0.3 is 10.6 Å². The Morgan fingerprint density at radius 1 is 0.893 bits per heavy atom. The molecule has 5 nitrogen and oxygen atoms in total. The molecule has 1 aromatic heterocycles. The first-order valence-corrected chi connectivity index (χ1v) is 7.77. The van der Waals surface area contributed by atoms with E-state index in [-0.39, 0.29) is 22.9 Å². The van der Waals surface area contributed by atoms with Gasteiger partial charge in [-0.05, 0) is 36.4 Å². The normalized spacial score (nSPS) is 11.2. The van der Waals surface area contributed by atoms with Crippen molar-refractivity contribution >= 4 is 23.1 Å². The molecule has 1 amide bonds. The Morgan fingerprint density at radius 2 is 1.64 bits per heavy atom. The third kappa shape index (κ3) is 4.40. The Hall–Kier alpha value is -3.56. The highest BCUT2D eigenvalue weighted by atomic mass is 19.4. The van der Waals surface area contributed by atoms with Crippen LogP contribution in [0.4, 0.5) is 39.1 Å². The second-order valence-electron chi connectivity index (χ2n) is 5.55. The molecular formula is C18H11F5N4O. The van der Waals surface area contributed by atoms with Crippen LogP contribution in [-0.2, 0) is 6.18 Å². The Kier molecular flexibility index (Phi) is 5.21. The Balaban J connectivity index is 1.74. The Morgan fingerprint density at radius 3 is 2.29 bits per heavy atom. The summed E-state index contributed by atoms with van der Waals surface area (Å²) in [5.74, 6) is -2.62. The van der Waals surface area contributed by atoms with Gasteiger partial charge in [-0.1, -0.05) is 12.1 Å². The zero-order chi connectivity index (χ0) is 20.3. The minimum absolute atomic E-state index is 0.0267. The monoisotopic (exact) mass is 394 g/mol. The average molecular weight is 394 g/mol. The molecule has 1 heterocycles. The van der Waals surface area contributed by atoms with Crippen molar-refractivity contribution in [1.29, 1.82) is 0 Å². The van der Waals surface area contributed by atoms with E-state index in [0.29, 0.717) is 6.07 Å². The molecular weight excluding hydrogens is 383 g/mol. The predicted molar refractivity (Wildman–Crippen MR) is 91.1 cm³/mol. The number of nitrogens with one attached hydrogen (secondary N) is 2. The van der Waals surface area contributed by atoms with E-state index in [4.69, 9.17) is 0 Å². The molecule has 0 aliphatic carbocycles. The van der Waals surface area contributed by atoms with Crippen LogP contribution in [0.5, 0.6) is 0 Å². The number of carbonyl (C=O) groups excluding carboxylic acids is 1. The Bertz CT molecular complexity index is 1010. The van der Waals surface area contributed by atoms with Crippen molar-refractivity contribution in [1.82, 2.24) is 10.2 Å². The first kappa shape index (κ1) is 19.2. The van der Waals surface area contributed by atoms with Crippen molar-refractivity contribution in [2.24, 2.45) is 0 Å². The van der Waals surface area contributed by atoms with Crippen LogP contribution < -0.4 is 10.6 Å². The van der Waals surface area contributed by atoms with Gasteiger partial charge in [0.25, 0.3) is 5.91 Å². The molecule has 0 aliphatic heterocycles. The third-order valence-electron chi connectivity index (χ3n) is 3.57. The van der Waals surface area contributed by atoms with E-state index in [0.717, 1.165) is 18.2 Å². The van der Waals surface area contributed by atoms with Gasteiger partial charge in [-0.15, -0.1) is 10.2 Å². The van der Waals surface area contributed by atoms with Crippen LogP contribution in [0.15, 0.2) is 54.6 Å². The number of rotatable bonds is 4. The zero-order valence-electron chi connectivity index (χ0n) is 13.9. The number of aromatic nitrogens is 2. The van der Waals surface area contributed by atoms with Crippen LogP contribution in [0, 0.1) is 11.6 Å². The summed E-state index contributed by atoms with van der Waals surface area (Å²) in [7, 11) is 0. The number of hydrogen-bond acceptors (Lipinski definition) is 4. The molecule has 2 N–H and O–H groups in total. The molecule has 0 unspecified atom stereocenters. The molecule has 0 radical (unpaired) electrons. The average Bonchev–Trinajstić information content (AvgIpc) is 2.64. The Labute approximate surface area is 155 Å². The zero-order valence-corrected chi connectivity index (χ0v) is 13.9. The molecule has 0 bridgehead atoms. The summed E-state index contributed by atoms with van der Waals surface area (Å²) < 4.78 is 65.5. The molecule has 0 atom stereocenters. The van der Waals surface area contributed by atoms with E-state index in [1.54, 1.807) is 0 Å². The summed E-state index contributed by atoms with van der Waals surface area (Å²) >= 11 is 0. The van der Waals surface area contributed by atoms with Crippen molar-refractivity contribution in [3.63, 3.8) is 0 Å². The lowest BCUT2D eigenvalue weighted by Gasteiger charge is -2.13. The van der Waals surface area contributed by atoms with Crippen molar-refractivity contribution < 1.29 is 26.7 Å². The summed E-state index contributed by atoms with van der Waals surface area (Å²) in [6.45, 7) is 0. The van der Waals surface area contributed by atoms with Gasteiger partial charge in [-0.3, -0.25) is 4.79 Å². The van der Waals surface area contributed by atoms with Gasteiger partial charge >= 0.3 is 6.18 Å². The molecule has 0 saturated heterocycles. The van der Waals surface area contributed by atoms with Crippen molar-refractivity contribution in [2.45, 2.75) is 6.18 Å². The molecule has 3 aromatic rings. The first-order valence-electron chi connectivity index (χ1n) is 7.77. The number of alkyl halides is 3. The molecule has 0 saturated carbocycles. The second-order valence-corrected chi connectivity index (χ2v) is 5.55. The third-order valence-corrected chi connectivity index (χ3v) is 3.57. The quantitative estimate of drug-likeness (QED) is 0.626. The van der Waals surface area contributed by atoms with E-state index in [1.807, 2.05) is 0 Å². The second kappa shape index (κ2) is 7.59. The van der Waals surface area contributed by atoms with E-state index < -0.39 is 29.3 Å². The lowest BCUT2D eigenvalue weighted by molar-refractivity contribution is -0.136. The summed E-state index contributed by atoms with van der Waals surface area (Å²) in [5, 5.41) is 11.9. The van der Waals surface area contributed by atoms with Gasteiger partial charge in [0.1, 0.15) is 11.6 Å². The molecule has 0 fully saturated rings. The van der Waals surface area contributed by atoms with Crippen molar-refractivity contribution in [3.8, 4) is 0 Å². The molecule has 144 valence electrons. The molecule has 10 heteroatoms. The van der Waals surface area contributed by atoms with Crippen molar-refractivity contribution in [2.75, 3.05) is 10.6 Å². The molecule has 0 aliphatic rings. The maximum atomic E-state index is 13.6. The number of anilines is 3. The van der Waals surface area contributed by atoms with Crippen molar-refractivity contribution in [3.05, 3.63) is 77.5 Å². The maximum absolute atomic E-state index is 13.6. The fraction of sp³-hybridized carbons (Fsp3) is 0.0556. The molecule has 28 heavy (non-hydrogen) atoms. The van der Waals surface area contributed by atoms with Gasteiger partial charge in [-0.25, -0.2) is 8.78 Å². The van der Waals surface area contributed by atoms with Crippen LogP contribution in [0.2, 0.25) is 0 Å². The first-order chi connectivity index (χ1) is 13.2. The number of amides is 1. The van der Waals surface area contributed by atoms with Gasteiger partial charge in [-0.2, -0.15) is 13.2 Å². The van der Waals surface area contributed by atoms with Crippen LogP contribution >= 0.6 is 0 Å². The topological polar surface area (TPSA) is 66.9 Å². The lowest BCUT2D eigenvalue weighted by Crippen LogP contribution is -2.16. The van der Waals surface area contributed by atoms with E-state index in [9.17, 15) is 26.7 Å². The minimum Gasteiger partial charge on any atom is -0.338 e. The highest BCUT2D eigenvalue weighted by Gasteiger charge is 2.33. The van der Waals surface area contributed by atoms with Crippen LogP contribution in [-0.4, -0.2) is 16.1 Å². The summed E-state index contributed by atoms with van der Waals surface area (Å²) in [6, 6.07) is 9.86. The van der Waals surface area contributed by atoms with Crippen LogP contribution in [0.3, 0.4) is 0 Å². The predicted octanol–water partition coefficient (Wildman–Crippen LogP) is 4.77. The summed E-state index contributed by atoms with van der Waals surface area (Å²) in [6.07, 6.45) is -4.56. The van der Waals surface area contributed by atoms with Crippen LogP contribution in [0.1, 0.15) is 16.1 Å². The molecule has 3 rings (SSSR count). The van der Waals surface area contributed by atoms with E-state index in [1.165, 1.54) is 30.3 Å². The smallest absolute Gasteiger partial charge is 0.338 e. The molecule has 0 spiro atoms. The van der Waals surface area contributed by atoms with Gasteiger partial charge in [0.2, 0.25) is 0 Å². The maximum Gasteiger partial charge on any atom is 0.418 e. The largest absolute Gasteiger partial charge is 0.418 e. The standard InChI is InChI=1S/C18H11F5N4O/c19-10-5-6-14(12(20)9-10)25-17(28)15-7-8-16(27-26-15)24-13-4-2-1-3-11(13)18(21,22)23/h1-9H,(H,24,27)(H,25,28). The number of carbonyl (C=O) groups is 1. The van der Waals surface area contributed by atoms with Crippen LogP contribution in [0.25, 0.3) is 0 Å². The highest BCUT2D eigenvalue weighted by Crippen LogP contribution is 2.35. The van der Waals surface area contributed by atoms with Gasteiger partial charge in [0.05, 0.1) is 16.9 Å². The number of halogens is 5. The number of benzene rings is 2. The van der Waals surface area contributed by atoms with E-state index in [2.05, 4.69) is 20.8 Å². The molecule has 2 aromatic carbocycles. The fourth-order valence-electron chi connectivity index (χ4n) is 2.27. The number of nitrogens with zero attached hydrogens (tertiary/aromatic N) is 2. The van der Waals surface area contributed by atoms with Gasteiger partial charge in [0, 0.05) is 6.07 Å². The highest BCUT2D eigenvalue weighted by molar-refractivity contribution is 6.02. The van der Waals surface area contributed by atoms with Gasteiger partial charge in [0.15, 0.2) is 11.5 Å². The number of hydrogen-bond donors (Lipinski definition) is 2.